The molecule has 1 aromatic heterocycles. The molecule has 2 aromatic rings. The van der Waals surface area contributed by atoms with Gasteiger partial charge in [-0.2, -0.15) is 0 Å². The lowest BCUT2D eigenvalue weighted by molar-refractivity contribution is -0.0491. The highest BCUT2D eigenvalue weighted by Crippen LogP contribution is 2.39. The fourth-order valence-electron chi connectivity index (χ4n) is 2.70. The zero-order chi connectivity index (χ0) is 15.5. The molecule has 3 rings (SSSR count). The highest BCUT2D eigenvalue weighted by Gasteiger charge is 2.32. The Labute approximate surface area is 138 Å². The number of halogens is 1. The molecule has 22 heavy (non-hydrogen) atoms. The summed E-state index contributed by atoms with van der Waals surface area (Å²) >= 11 is 7.92. The van der Waals surface area contributed by atoms with Gasteiger partial charge in [-0.1, -0.05) is 29.8 Å². The van der Waals surface area contributed by atoms with Crippen LogP contribution >= 0.6 is 22.9 Å². The molecule has 0 fully saturated rings. The van der Waals surface area contributed by atoms with Gasteiger partial charge in [0.25, 0.3) is 0 Å². The fourth-order valence-corrected chi connectivity index (χ4v) is 3.80. The molecule has 0 radical (unpaired) electrons. The third kappa shape index (κ3) is 2.83. The Kier molecular flexibility index (Phi) is 4.65. The van der Waals surface area contributed by atoms with Crippen LogP contribution in [0.15, 0.2) is 41.4 Å². The molecule has 0 saturated heterocycles. The number of hydrogen-bond acceptors (Lipinski definition) is 4. The van der Waals surface area contributed by atoms with Crippen molar-refractivity contribution in [3.63, 3.8) is 0 Å². The first-order chi connectivity index (χ1) is 10.7. The number of benzene rings is 1. The third-order valence-electron chi connectivity index (χ3n) is 3.74. The van der Waals surface area contributed by atoms with Crippen molar-refractivity contribution in [2.75, 3.05) is 6.61 Å². The molecule has 0 spiro atoms. The van der Waals surface area contributed by atoms with E-state index in [9.17, 15) is 4.79 Å². The molecule has 1 aliphatic heterocycles. The maximum absolute atomic E-state index is 11.4. The number of hydrogen-bond donors (Lipinski definition) is 0. The van der Waals surface area contributed by atoms with Crippen molar-refractivity contribution in [3.8, 4) is 0 Å². The maximum Gasteiger partial charge on any atom is 0.158 e. The predicted molar refractivity (Wildman–Crippen MR) is 88.6 cm³/mol. The molecule has 0 bridgehead atoms. The predicted octanol–water partition coefficient (Wildman–Crippen LogP) is 4.21. The van der Waals surface area contributed by atoms with Crippen molar-refractivity contribution in [2.24, 2.45) is 0 Å². The van der Waals surface area contributed by atoms with Crippen LogP contribution in [-0.4, -0.2) is 17.4 Å². The van der Waals surface area contributed by atoms with E-state index in [0.717, 1.165) is 11.1 Å². The number of nitrogens with zero attached hydrogens (tertiary/aromatic N) is 1. The zero-order valence-corrected chi connectivity index (χ0v) is 13.8. The normalized spacial score (nSPS) is 17.3. The zero-order valence-electron chi connectivity index (χ0n) is 12.2. The molecular weight excluding hydrogens is 318 g/mol. The Morgan fingerprint density at radius 3 is 2.95 bits per heavy atom. The number of ether oxygens (including phenoxy) is 1. The van der Waals surface area contributed by atoms with Gasteiger partial charge in [-0.3, -0.25) is 0 Å². The van der Waals surface area contributed by atoms with Crippen molar-refractivity contribution in [2.45, 2.75) is 26.1 Å². The van der Waals surface area contributed by atoms with Crippen LogP contribution in [0, 0.1) is 0 Å². The van der Waals surface area contributed by atoms with E-state index >= 15 is 0 Å². The van der Waals surface area contributed by atoms with E-state index in [1.165, 1.54) is 4.88 Å². The van der Waals surface area contributed by atoms with E-state index in [1.54, 1.807) is 11.3 Å². The molecule has 1 atom stereocenters. The van der Waals surface area contributed by atoms with E-state index in [2.05, 4.69) is 12.0 Å². The number of rotatable bonds is 4. The maximum atomic E-state index is 11.4. The molecule has 0 N–H and O–H groups in total. The van der Waals surface area contributed by atoms with E-state index in [4.69, 9.17) is 16.3 Å². The average molecular weight is 334 g/mol. The SMILES string of the molecule is CCOC1c2ccsc2CC(=C=O)N1Cc1ccccc1Cl. The molecule has 0 amide bonds. The number of carbonyl (C=O) groups excluding carboxylic acids is 1. The van der Waals surface area contributed by atoms with Gasteiger partial charge in [0.1, 0.15) is 11.6 Å². The number of allylic oxidation sites excluding steroid dienone is 1. The van der Waals surface area contributed by atoms with Crippen LogP contribution in [0.2, 0.25) is 5.02 Å². The van der Waals surface area contributed by atoms with Gasteiger partial charge in [0.05, 0.1) is 0 Å². The van der Waals surface area contributed by atoms with Crippen LogP contribution in [0.1, 0.15) is 29.2 Å². The van der Waals surface area contributed by atoms with Gasteiger partial charge < -0.3 is 9.64 Å². The number of thiophene rings is 1. The highest BCUT2D eigenvalue weighted by molar-refractivity contribution is 7.10. The molecule has 0 saturated carbocycles. The summed E-state index contributed by atoms with van der Waals surface area (Å²) in [7, 11) is 0. The second-order valence-corrected chi connectivity index (χ2v) is 6.46. The van der Waals surface area contributed by atoms with Crippen LogP contribution in [-0.2, 0) is 22.5 Å². The summed E-state index contributed by atoms with van der Waals surface area (Å²) in [4.78, 5) is 14.6. The fraction of sp³-hybridized carbons (Fsp3) is 0.294. The van der Waals surface area contributed by atoms with Crippen molar-refractivity contribution in [1.29, 1.82) is 0 Å². The molecule has 3 nitrogen and oxygen atoms in total. The summed E-state index contributed by atoms with van der Waals surface area (Å²) in [6.45, 7) is 3.06. The lowest BCUT2D eigenvalue weighted by atomic mass is 10.0. The minimum absolute atomic E-state index is 0.257. The summed E-state index contributed by atoms with van der Waals surface area (Å²) < 4.78 is 5.91. The molecule has 0 aliphatic carbocycles. The monoisotopic (exact) mass is 333 g/mol. The molecule has 114 valence electrons. The third-order valence-corrected chi connectivity index (χ3v) is 5.05. The molecule has 5 heteroatoms. The Hall–Kier alpha value is -1.58. The summed E-state index contributed by atoms with van der Waals surface area (Å²) in [5.74, 6) is 2.09. The van der Waals surface area contributed by atoms with Gasteiger partial charge in [-0.25, -0.2) is 4.79 Å². The van der Waals surface area contributed by atoms with Gasteiger partial charge >= 0.3 is 0 Å². The van der Waals surface area contributed by atoms with Gasteiger partial charge in [0.2, 0.25) is 0 Å². The minimum atomic E-state index is -0.257. The molecule has 1 aliphatic rings. The first-order valence-corrected chi connectivity index (χ1v) is 8.42. The standard InChI is InChI=1S/C17H16ClNO2S/c1-2-21-17-14-7-8-22-16(14)9-13(11-20)19(17)10-12-5-3-4-6-15(12)18/h3-8,17H,2,9-10H2,1H3. The molecular formula is C17H16ClNO2S. The molecule has 1 unspecified atom stereocenters. The first-order valence-electron chi connectivity index (χ1n) is 7.16. The van der Waals surface area contributed by atoms with Crippen molar-refractivity contribution in [3.05, 3.63) is 62.4 Å². The van der Waals surface area contributed by atoms with E-state index in [-0.39, 0.29) is 6.23 Å². The Balaban J connectivity index is 1.99. The first kappa shape index (κ1) is 15.3. The lowest BCUT2D eigenvalue weighted by Gasteiger charge is -2.37. The summed E-state index contributed by atoms with van der Waals surface area (Å²) in [6.07, 6.45) is 0.345. The average Bonchev–Trinajstić information content (AvgIpc) is 2.99. The van der Waals surface area contributed by atoms with Gasteiger partial charge in [0, 0.05) is 35.0 Å². The van der Waals surface area contributed by atoms with Crippen LogP contribution in [0.25, 0.3) is 0 Å². The molecule has 2 heterocycles. The van der Waals surface area contributed by atoms with Crippen LogP contribution in [0.5, 0.6) is 0 Å². The quantitative estimate of drug-likeness (QED) is 0.785. The number of fused-ring (bicyclic) bond motifs is 1. The lowest BCUT2D eigenvalue weighted by Crippen LogP contribution is -2.34. The highest BCUT2D eigenvalue weighted by atomic mass is 35.5. The van der Waals surface area contributed by atoms with E-state index in [0.29, 0.717) is 30.3 Å². The van der Waals surface area contributed by atoms with Crippen LogP contribution in [0.3, 0.4) is 0 Å². The second-order valence-electron chi connectivity index (χ2n) is 5.05. The van der Waals surface area contributed by atoms with E-state index < -0.39 is 0 Å². The van der Waals surface area contributed by atoms with Crippen molar-refractivity contribution in [1.82, 2.24) is 4.90 Å². The van der Waals surface area contributed by atoms with E-state index in [1.807, 2.05) is 41.5 Å². The topological polar surface area (TPSA) is 29.5 Å². The van der Waals surface area contributed by atoms with Gasteiger partial charge in [-0.15, -0.1) is 11.3 Å². The van der Waals surface area contributed by atoms with Gasteiger partial charge in [-0.05, 0) is 30.0 Å². The van der Waals surface area contributed by atoms with Crippen molar-refractivity contribution < 1.29 is 9.53 Å². The second kappa shape index (κ2) is 6.67. The molecule has 1 aromatic carbocycles. The Morgan fingerprint density at radius 2 is 2.23 bits per heavy atom. The Bertz CT molecular complexity index is 721. The van der Waals surface area contributed by atoms with Crippen LogP contribution < -0.4 is 0 Å². The Morgan fingerprint density at radius 1 is 1.41 bits per heavy atom. The minimum Gasteiger partial charge on any atom is -0.354 e. The van der Waals surface area contributed by atoms with Crippen molar-refractivity contribution >= 4 is 28.9 Å². The largest absolute Gasteiger partial charge is 0.354 e. The van der Waals surface area contributed by atoms with Gasteiger partial charge in [0.15, 0.2) is 6.23 Å². The van der Waals surface area contributed by atoms with Crippen LogP contribution in [0.4, 0.5) is 0 Å². The summed E-state index contributed by atoms with van der Waals surface area (Å²) in [6, 6.07) is 9.74. The summed E-state index contributed by atoms with van der Waals surface area (Å²) in [5.41, 5.74) is 2.73. The smallest absolute Gasteiger partial charge is 0.158 e. The summed E-state index contributed by atoms with van der Waals surface area (Å²) in [5, 5.41) is 2.73.